The third kappa shape index (κ3) is 2.16. The normalized spacial score (nSPS) is 16.8. The maximum atomic E-state index is 11.4. The fourth-order valence-corrected chi connectivity index (χ4v) is 1.96. The summed E-state index contributed by atoms with van der Waals surface area (Å²) in [6.07, 6.45) is 0.314. The van der Waals surface area contributed by atoms with Crippen LogP contribution in [0.3, 0.4) is 0 Å². The Balaban J connectivity index is 1.77. The topological polar surface area (TPSA) is 74.5 Å². The number of esters is 1. The van der Waals surface area contributed by atoms with Gasteiger partial charge >= 0.3 is 5.97 Å². The van der Waals surface area contributed by atoms with E-state index in [9.17, 15) is 4.79 Å². The summed E-state index contributed by atoms with van der Waals surface area (Å²) in [6, 6.07) is 7.72. The number of fused-ring (bicyclic) bond motifs is 1. The van der Waals surface area contributed by atoms with Crippen LogP contribution >= 0.6 is 0 Å². The van der Waals surface area contributed by atoms with E-state index in [1.165, 1.54) is 0 Å². The number of hydrogen-bond acceptors (Lipinski definition) is 6. The molecular weight excluding hydrogens is 248 g/mol. The van der Waals surface area contributed by atoms with E-state index in [-0.39, 0.29) is 18.5 Å². The summed E-state index contributed by atoms with van der Waals surface area (Å²) in [5.41, 5.74) is 1.09. The summed E-state index contributed by atoms with van der Waals surface area (Å²) >= 11 is 0. The van der Waals surface area contributed by atoms with Gasteiger partial charge in [-0.1, -0.05) is 18.2 Å². The average molecular weight is 260 g/mol. The van der Waals surface area contributed by atoms with E-state index >= 15 is 0 Å². The molecule has 0 aliphatic carbocycles. The molecule has 0 saturated heterocycles. The van der Waals surface area contributed by atoms with E-state index in [4.69, 9.17) is 14.0 Å². The second kappa shape index (κ2) is 4.72. The van der Waals surface area contributed by atoms with Crippen LogP contribution < -0.4 is 4.74 Å². The fourth-order valence-electron chi connectivity index (χ4n) is 1.96. The van der Waals surface area contributed by atoms with Crippen molar-refractivity contribution in [3.8, 4) is 5.75 Å². The molecule has 1 aromatic heterocycles. The van der Waals surface area contributed by atoms with Crippen molar-refractivity contribution in [3.63, 3.8) is 0 Å². The van der Waals surface area contributed by atoms with Crippen molar-refractivity contribution in [1.29, 1.82) is 0 Å². The Morgan fingerprint density at radius 1 is 1.47 bits per heavy atom. The van der Waals surface area contributed by atoms with Gasteiger partial charge in [0, 0.05) is 6.42 Å². The first kappa shape index (κ1) is 11.7. The van der Waals surface area contributed by atoms with Crippen LogP contribution in [0.2, 0.25) is 0 Å². The highest BCUT2D eigenvalue weighted by Gasteiger charge is 2.30. The van der Waals surface area contributed by atoms with E-state index < -0.39 is 5.97 Å². The highest BCUT2D eigenvalue weighted by atomic mass is 16.5. The molecule has 3 rings (SSSR count). The van der Waals surface area contributed by atoms with Gasteiger partial charge in [0.05, 0.1) is 6.61 Å². The summed E-state index contributed by atoms with van der Waals surface area (Å²) in [5.74, 6) is 0.437. The summed E-state index contributed by atoms with van der Waals surface area (Å²) in [7, 11) is 0. The zero-order chi connectivity index (χ0) is 13.2. The lowest BCUT2D eigenvalue weighted by Gasteiger charge is -2.03. The van der Waals surface area contributed by atoms with Crippen LogP contribution in [-0.4, -0.2) is 22.7 Å². The highest BCUT2D eigenvalue weighted by molar-refractivity contribution is 5.84. The molecule has 98 valence electrons. The van der Waals surface area contributed by atoms with Gasteiger partial charge in [-0.15, -0.1) is 0 Å². The molecule has 1 aliphatic heterocycles. The average Bonchev–Trinajstić information content (AvgIpc) is 3.05. The Bertz CT molecular complexity index is 583. The minimum atomic E-state index is -0.590. The van der Waals surface area contributed by atoms with Crippen LogP contribution in [0.1, 0.15) is 35.1 Å². The molecule has 0 bridgehead atoms. The van der Waals surface area contributed by atoms with Crippen LogP contribution in [0.15, 0.2) is 28.8 Å². The monoisotopic (exact) mass is 260 g/mol. The number of nitrogens with zero attached hydrogens (tertiary/aromatic N) is 2. The van der Waals surface area contributed by atoms with Crippen molar-refractivity contribution in [2.24, 2.45) is 0 Å². The van der Waals surface area contributed by atoms with Gasteiger partial charge in [0.2, 0.25) is 0 Å². The molecule has 1 aliphatic rings. The Labute approximate surface area is 109 Å². The van der Waals surface area contributed by atoms with Crippen molar-refractivity contribution in [3.05, 3.63) is 41.5 Å². The van der Waals surface area contributed by atoms with Gasteiger partial charge in [-0.25, -0.2) is 4.79 Å². The lowest BCUT2D eigenvalue weighted by Crippen LogP contribution is -2.08. The number of rotatable bonds is 3. The number of para-hydroxylation sites is 1. The van der Waals surface area contributed by atoms with Crippen LogP contribution in [-0.2, 0) is 11.2 Å². The van der Waals surface area contributed by atoms with E-state index in [0.717, 1.165) is 11.3 Å². The standard InChI is InChI=1S/C13H12N2O4/c1-2-17-13(16)11-14-12(19-15-11)10-7-8-5-3-4-6-9(8)18-10/h3-6,10H,2,7H2,1H3. The minimum absolute atomic E-state index is 0.0728. The Morgan fingerprint density at radius 2 is 2.32 bits per heavy atom. The molecule has 6 nitrogen and oxygen atoms in total. The van der Waals surface area contributed by atoms with Gasteiger partial charge in [-0.3, -0.25) is 0 Å². The first-order chi connectivity index (χ1) is 9.28. The van der Waals surface area contributed by atoms with Crippen molar-refractivity contribution in [2.75, 3.05) is 6.61 Å². The molecule has 0 radical (unpaired) electrons. The van der Waals surface area contributed by atoms with Gasteiger partial charge in [-0.2, -0.15) is 4.98 Å². The first-order valence-corrected chi connectivity index (χ1v) is 6.03. The molecule has 0 N–H and O–H groups in total. The van der Waals surface area contributed by atoms with Gasteiger partial charge in [0.25, 0.3) is 11.7 Å². The van der Waals surface area contributed by atoms with Crippen LogP contribution in [0.5, 0.6) is 5.75 Å². The van der Waals surface area contributed by atoms with Crippen molar-refractivity contribution in [2.45, 2.75) is 19.4 Å². The summed E-state index contributed by atoms with van der Waals surface area (Å²) in [6.45, 7) is 1.99. The molecular formula is C13H12N2O4. The predicted octanol–water partition coefficient (Wildman–Crippen LogP) is 1.92. The second-order valence-corrected chi connectivity index (χ2v) is 4.10. The van der Waals surface area contributed by atoms with E-state index in [2.05, 4.69) is 10.1 Å². The molecule has 2 heterocycles. The number of ether oxygens (including phenoxy) is 2. The Hall–Kier alpha value is -2.37. The zero-order valence-corrected chi connectivity index (χ0v) is 10.3. The molecule has 1 atom stereocenters. The molecule has 19 heavy (non-hydrogen) atoms. The van der Waals surface area contributed by atoms with Gasteiger partial charge in [0.1, 0.15) is 5.75 Å². The number of benzene rings is 1. The highest BCUT2D eigenvalue weighted by Crippen LogP contribution is 2.35. The van der Waals surface area contributed by atoms with E-state index in [1.807, 2.05) is 24.3 Å². The molecule has 0 spiro atoms. The summed E-state index contributed by atoms with van der Waals surface area (Å²) < 4.78 is 15.6. The lowest BCUT2D eigenvalue weighted by molar-refractivity contribution is 0.0508. The Kier molecular flexibility index (Phi) is 2.91. The first-order valence-electron chi connectivity index (χ1n) is 6.03. The number of carbonyl (C=O) groups excluding carboxylic acids is 1. The SMILES string of the molecule is CCOC(=O)c1noc(C2Cc3ccccc3O2)n1. The molecule has 6 heteroatoms. The molecule has 0 fully saturated rings. The summed E-state index contributed by atoms with van der Waals surface area (Å²) in [4.78, 5) is 15.5. The second-order valence-electron chi connectivity index (χ2n) is 4.10. The molecule has 0 saturated carbocycles. The summed E-state index contributed by atoms with van der Waals surface area (Å²) in [5, 5.41) is 3.60. The maximum absolute atomic E-state index is 11.4. The van der Waals surface area contributed by atoms with E-state index in [1.54, 1.807) is 6.92 Å². The minimum Gasteiger partial charge on any atom is -0.480 e. The van der Waals surface area contributed by atoms with Crippen LogP contribution in [0, 0.1) is 0 Å². The quantitative estimate of drug-likeness (QED) is 0.785. The Morgan fingerprint density at radius 3 is 3.11 bits per heavy atom. The third-order valence-electron chi connectivity index (χ3n) is 2.82. The van der Waals surface area contributed by atoms with Gasteiger partial charge in [0.15, 0.2) is 6.10 Å². The van der Waals surface area contributed by atoms with Crippen LogP contribution in [0.4, 0.5) is 0 Å². The largest absolute Gasteiger partial charge is 0.480 e. The predicted molar refractivity (Wildman–Crippen MR) is 63.8 cm³/mol. The molecule has 2 aromatic rings. The number of hydrogen-bond donors (Lipinski definition) is 0. The number of aromatic nitrogens is 2. The van der Waals surface area contributed by atoms with Crippen molar-refractivity contribution < 1.29 is 18.8 Å². The number of carbonyl (C=O) groups is 1. The third-order valence-corrected chi connectivity index (χ3v) is 2.82. The maximum Gasteiger partial charge on any atom is 0.379 e. The van der Waals surface area contributed by atoms with Crippen molar-refractivity contribution in [1.82, 2.24) is 10.1 Å². The molecule has 0 amide bonds. The van der Waals surface area contributed by atoms with E-state index in [0.29, 0.717) is 12.3 Å². The lowest BCUT2D eigenvalue weighted by atomic mass is 10.1. The van der Waals surface area contributed by atoms with Crippen molar-refractivity contribution >= 4 is 5.97 Å². The fraction of sp³-hybridized carbons (Fsp3) is 0.308. The molecule has 1 aromatic carbocycles. The van der Waals surface area contributed by atoms with Gasteiger partial charge < -0.3 is 14.0 Å². The van der Waals surface area contributed by atoms with Gasteiger partial charge in [-0.05, 0) is 23.7 Å². The molecule has 1 unspecified atom stereocenters. The zero-order valence-electron chi connectivity index (χ0n) is 10.3. The smallest absolute Gasteiger partial charge is 0.379 e. The van der Waals surface area contributed by atoms with Crippen LogP contribution in [0.25, 0.3) is 0 Å².